The molecule has 1 saturated heterocycles. The molecule has 2 aromatic rings. The fraction of sp³-hybridized carbons (Fsp3) is 0.650. The van der Waals surface area contributed by atoms with E-state index >= 15 is 0 Å². The minimum Gasteiger partial charge on any atom is -0.371 e. The number of hydrogen-bond donors (Lipinski definition) is 0. The molecule has 1 aliphatic carbocycles. The maximum atomic E-state index is 13.6. The van der Waals surface area contributed by atoms with Crippen molar-refractivity contribution in [3.8, 4) is 0 Å². The van der Waals surface area contributed by atoms with E-state index in [1.807, 2.05) is 17.9 Å². The van der Waals surface area contributed by atoms with Gasteiger partial charge in [-0.15, -0.1) is 0 Å². The third-order valence-electron chi connectivity index (χ3n) is 5.81. The minimum atomic E-state index is -0.128. The zero-order valence-corrected chi connectivity index (χ0v) is 16.0. The molecule has 6 heteroatoms. The van der Waals surface area contributed by atoms with Gasteiger partial charge in [0.25, 0.3) is 11.6 Å². The van der Waals surface area contributed by atoms with Crippen LogP contribution in [-0.2, 0) is 11.2 Å². The first-order valence-electron chi connectivity index (χ1n) is 9.68. The second-order valence-corrected chi connectivity index (χ2v) is 8.05. The van der Waals surface area contributed by atoms with Gasteiger partial charge in [-0.25, -0.2) is 4.98 Å². The maximum absolute atomic E-state index is 13.6. The number of aryl methyl sites for hydroxylation is 1. The van der Waals surface area contributed by atoms with Crippen LogP contribution in [0.1, 0.15) is 74.6 Å². The van der Waals surface area contributed by atoms with Gasteiger partial charge >= 0.3 is 0 Å². The number of hydrogen-bond acceptors (Lipinski definition) is 5. The molecular formula is C20H27N3O3. The molecule has 2 aromatic heterocycles. The third kappa shape index (κ3) is 2.71. The summed E-state index contributed by atoms with van der Waals surface area (Å²) in [7, 11) is 0. The van der Waals surface area contributed by atoms with Crippen molar-refractivity contribution >= 4 is 17.0 Å². The van der Waals surface area contributed by atoms with Gasteiger partial charge in [0.2, 0.25) is 0 Å². The number of carbonyl (C=O) groups is 1. The van der Waals surface area contributed by atoms with Gasteiger partial charge in [0.1, 0.15) is 0 Å². The highest BCUT2D eigenvalue weighted by Crippen LogP contribution is 2.40. The molecule has 0 bridgehead atoms. The van der Waals surface area contributed by atoms with Gasteiger partial charge in [0.15, 0.2) is 0 Å². The van der Waals surface area contributed by atoms with Crippen LogP contribution in [-0.4, -0.2) is 45.7 Å². The fourth-order valence-electron chi connectivity index (χ4n) is 3.97. The first kappa shape index (κ1) is 17.5. The van der Waals surface area contributed by atoms with Crippen LogP contribution in [0.3, 0.4) is 0 Å². The molecule has 26 heavy (non-hydrogen) atoms. The number of rotatable bonds is 3. The van der Waals surface area contributed by atoms with E-state index in [2.05, 4.69) is 30.9 Å². The number of carbonyl (C=O) groups excluding carboxylic acids is 1. The molecule has 6 nitrogen and oxygen atoms in total. The lowest BCUT2D eigenvalue weighted by Crippen LogP contribution is -2.60. The van der Waals surface area contributed by atoms with Crippen LogP contribution in [0.15, 0.2) is 10.6 Å². The lowest BCUT2D eigenvalue weighted by Gasteiger charge is -2.50. The molecular weight excluding hydrogens is 330 g/mol. The first-order valence-corrected chi connectivity index (χ1v) is 9.68. The van der Waals surface area contributed by atoms with Gasteiger partial charge in [-0.1, -0.05) is 25.9 Å². The summed E-state index contributed by atoms with van der Waals surface area (Å²) in [6.45, 7) is 9.46. The zero-order valence-electron chi connectivity index (χ0n) is 16.0. The van der Waals surface area contributed by atoms with Crippen molar-refractivity contribution < 1.29 is 14.1 Å². The molecule has 0 aromatic carbocycles. The molecule has 1 aliphatic heterocycles. The number of morpholine rings is 1. The maximum Gasteiger partial charge on any atom is 0.259 e. The summed E-state index contributed by atoms with van der Waals surface area (Å²) >= 11 is 0. The summed E-state index contributed by atoms with van der Waals surface area (Å²) in [5, 5.41) is 4.97. The van der Waals surface area contributed by atoms with Gasteiger partial charge in [0, 0.05) is 5.69 Å². The molecule has 1 atom stereocenters. The number of pyridine rings is 1. The van der Waals surface area contributed by atoms with Gasteiger partial charge in [-0.3, -0.25) is 4.79 Å². The number of nitrogens with zero attached hydrogens (tertiary/aromatic N) is 3. The molecule has 1 saturated carbocycles. The zero-order chi connectivity index (χ0) is 18.5. The molecule has 140 valence electrons. The predicted octanol–water partition coefficient (Wildman–Crippen LogP) is 3.69. The van der Waals surface area contributed by atoms with Crippen LogP contribution in [0.25, 0.3) is 11.1 Å². The number of aromatic nitrogens is 2. The van der Waals surface area contributed by atoms with Crippen LogP contribution < -0.4 is 0 Å². The van der Waals surface area contributed by atoms with Crippen molar-refractivity contribution in [2.75, 3.05) is 13.2 Å². The molecule has 2 aliphatic rings. The molecule has 1 unspecified atom stereocenters. The lowest BCUT2D eigenvalue weighted by molar-refractivity contribution is -0.158. The van der Waals surface area contributed by atoms with Crippen LogP contribution >= 0.6 is 0 Å². The third-order valence-corrected chi connectivity index (χ3v) is 5.81. The normalized spacial score (nSPS) is 22.2. The molecule has 3 heterocycles. The molecule has 4 rings (SSSR count). The van der Waals surface area contributed by atoms with Gasteiger partial charge in [0.05, 0.1) is 41.4 Å². The highest BCUT2D eigenvalue weighted by atomic mass is 16.5. The van der Waals surface area contributed by atoms with Crippen molar-refractivity contribution in [2.24, 2.45) is 0 Å². The Balaban J connectivity index is 1.79. The fourth-order valence-corrected chi connectivity index (χ4v) is 3.97. The molecule has 0 radical (unpaired) electrons. The van der Waals surface area contributed by atoms with Crippen LogP contribution in [0, 0.1) is 0 Å². The smallest absolute Gasteiger partial charge is 0.259 e. The standard InChI is InChI=1S/C20H27N3O3/c1-5-14-9-15(16-17(12(2)3)22-26-18(16)21-14)19(24)23-11-20(7-6-8-20)25-10-13(23)4/h9,12-13H,5-8,10-11H2,1-4H3. The van der Waals surface area contributed by atoms with Crippen molar-refractivity contribution in [3.63, 3.8) is 0 Å². The minimum absolute atomic E-state index is 0.0410. The van der Waals surface area contributed by atoms with E-state index in [-0.39, 0.29) is 23.5 Å². The Morgan fingerprint density at radius 1 is 1.42 bits per heavy atom. The number of ether oxygens (including phenoxy) is 1. The lowest BCUT2D eigenvalue weighted by atomic mass is 9.78. The molecule has 2 fully saturated rings. The topological polar surface area (TPSA) is 68.5 Å². The Kier molecular flexibility index (Phi) is 4.26. The highest BCUT2D eigenvalue weighted by molar-refractivity contribution is 6.06. The van der Waals surface area contributed by atoms with E-state index in [0.717, 1.165) is 36.0 Å². The average Bonchev–Trinajstić information content (AvgIpc) is 3.03. The van der Waals surface area contributed by atoms with Crippen molar-refractivity contribution in [1.82, 2.24) is 15.0 Å². The summed E-state index contributed by atoms with van der Waals surface area (Å²) in [6, 6.07) is 1.98. The second kappa shape index (κ2) is 6.34. The van der Waals surface area contributed by atoms with Gasteiger partial charge in [-0.05, 0) is 44.6 Å². The Morgan fingerprint density at radius 2 is 2.19 bits per heavy atom. The molecule has 1 spiro atoms. The van der Waals surface area contributed by atoms with E-state index in [0.29, 0.717) is 24.4 Å². The van der Waals surface area contributed by atoms with E-state index in [4.69, 9.17) is 9.26 Å². The number of fused-ring (bicyclic) bond motifs is 1. The summed E-state index contributed by atoms with van der Waals surface area (Å²) < 4.78 is 11.5. The van der Waals surface area contributed by atoms with E-state index in [1.54, 1.807) is 0 Å². The Hall–Kier alpha value is -1.95. The Bertz CT molecular complexity index is 838. The average molecular weight is 357 g/mol. The largest absolute Gasteiger partial charge is 0.371 e. The summed E-state index contributed by atoms with van der Waals surface area (Å²) in [4.78, 5) is 20.1. The van der Waals surface area contributed by atoms with Crippen molar-refractivity contribution in [3.05, 3.63) is 23.0 Å². The van der Waals surface area contributed by atoms with Crippen molar-refractivity contribution in [2.45, 2.75) is 70.9 Å². The Labute approximate surface area is 153 Å². The molecule has 0 N–H and O–H groups in total. The van der Waals surface area contributed by atoms with Gasteiger partial charge in [-0.2, -0.15) is 0 Å². The van der Waals surface area contributed by atoms with Crippen LogP contribution in [0.5, 0.6) is 0 Å². The Morgan fingerprint density at radius 3 is 2.81 bits per heavy atom. The highest BCUT2D eigenvalue weighted by Gasteiger charge is 2.45. The van der Waals surface area contributed by atoms with E-state index in [1.165, 1.54) is 6.42 Å². The molecule has 1 amide bonds. The second-order valence-electron chi connectivity index (χ2n) is 8.05. The van der Waals surface area contributed by atoms with E-state index < -0.39 is 0 Å². The van der Waals surface area contributed by atoms with Gasteiger partial charge < -0.3 is 14.2 Å². The summed E-state index contributed by atoms with van der Waals surface area (Å²) in [5.41, 5.74) is 2.66. The van der Waals surface area contributed by atoms with Crippen LogP contribution in [0.4, 0.5) is 0 Å². The summed E-state index contributed by atoms with van der Waals surface area (Å²) in [5.74, 6) is 0.205. The van der Waals surface area contributed by atoms with Crippen molar-refractivity contribution in [1.29, 1.82) is 0 Å². The number of amides is 1. The first-order chi connectivity index (χ1) is 12.4. The van der Waals surface area contributed by atoms with E-state index in [9.17, 15) is 4.79 Å². The monoisotopic (exact) mass is 357 g/mol. The predicted molar refractivity (Wildman–Crippen MR) is 98.3 cm³/mol. The quantitative estimate of drug-likeness (QED) is 0.838. The SMILES string of the molecule is CCc1cc(C(=O)N2CC3(CCC3)OCC2C)c2c(C(C)C)noc2n1. The van der Waals surface area contributed by atoms with Crippen LogP contribution in [0.2, 0.25) is 0 Å². The summed E-state index contributed by atoms with van der Waals surface area (Å²) in [6.07, 6.45) is 4.01.